The second-order valence-corrected chi connectivity index (χ2v) is 5.33. The Morgan fingerprint density at radius 1 is 0.938 bits per heavy atom. The van der Waals surface area contributed by atoms with E-state index < -0.39 is 0 Å². The van der Waals surface area contributed by atoms with Crippen molar-refractivity contribution < 1.29 is 14.2 Å². The largest absolute Gasteiger partial charge is 0.378 e. The van der Waals surface area contributed by atoms with Crippen molar-refractivity contribution in [2.24, 2.45) is 11.8 Å². The average molecular weight is 226 g/mol. The molecule has 3 fully saturated rings. The topological polar surface area (TPSA) is 27.7 Å². The summed E-state index contributed by atoms with van der Waals surface area (Å²) in [5.74, 6) is 1.68. The van der Waals surface area contributed by atoms with Crippen LogP contribution in [0.5, 0.6) is 0 Å². The Morgan fingerprint density at radius 2 is 1.81 bits per heavy atom. The second kappa shape index (κ2) is 5.03. The van der Waals surface area contributed by atoms with Gasteiger partial charge in [0.1, 0.15) is 0 Å². The third-order valence-corrected chi connectivity index (χ3v) is 4.34. The first-order valence-corrected chi connectivity index (χ1v) is 6.78. The van der Waals surface area contributed by atoms with E-state index >= 15 is 0 Å². The van der Waals surface area contributed by atoms with Crippen LogP contribution < -0.4 is 0 Å². The Kier molecular flexibility index (Phi) is 3.46. The van der Waals surface area contributed by atoms with Gasteiger partial charge in [0.2, 0.25) is 0 Å². The van der Waals surface area contributed by atoms with Crippen LogP contribution in [0, 0.1) is 11.8 Å². The molecule has 0 bridgehead atoms. The van der Waals surface area contributed by atoms with Crippen LogP contribution >= 0.6 is 0 Å². The SMILES string of the molecule is C(CC1OCCO1)C[C@@H]1CO[C@@H]2CCC[C@H]12. The van der Waals surface area contributed by atoms with Crippen molar-refractivity contribution in [2.45, 2.75) is 50.9 Å². The van der Waals surface area contributed by atoms with Crippen LogP contribution in [0.4, 0.5) is 0 Å². The predicted molar refractivity (Wildman–Crippen MR) is 60.1 cm³/mol. The molecule has 0 unspecified atom stereocenters. The van der Waals surface area contributed by atoms with E-state index in [-0.39, 0.29) is 6.29 Å². The van der Waals surface area contributed by atoms with E-state index in [1.165, 1.54) is 32.1 Å². The molecule has 3 atom stereocenters. The number of fused-ring (bicyclic) bond motifs is 1. The summed E-state index contributed by atoms with van der Waals surface area (Å²) in [6.07, 6.45) is 8.34. The monoisotopic (exact) mass is 226 g/mol. The van der Waals surface area contributed by atoms with Crippen molar-refractivity contribution >= 4 is 0 Å². The summed E-state index contributed by atoms with van der Waals surface area (Å²) >= 11 is 0. The molecule has 3 heteroatoms. The Bertz CT molecular complexity index is 225. The van der Waals surface area contributed by atoms with Crippen LogP contribution in [0.2, 0.25) is 0 Å². The maximum Gasteiger partial charge on any atom is 0.157 e. The minimum Gasteiger partial charge on any atom is -0.378 e. The number of hydrogen-bond donors (Lipinski definition) is 0. The number of ether oxygens (including phenoxy) is 3. The van der Waals surface area contributed by atoms with Crippen molar-refractivity contribution in [1.82, 2.24) is 0 Å². The van der Waals surface area contributed by atoms with E-state index in [0.29, 0.717) is 6.10 Å². The summed E-state index contributed by atoms with van der Waals surface area (Å²) < 4.78 is 16.8. The first-order chi connectivity index (χ1) is 7.93. The highest BCUT2D eigenvalue weighted by Crippen LogP contribution is 2.41. The van der Waals surface area contributed by atoms with E-state index in [4.69, 9.17) is 14.2 Å². The molecule has 3 rings (SSSR count). The highest BCUT2D eigenvalue weighted by molar-refractivity contribution is 4.88. The summed E-state index contributed by atoms with van der Waals surface area (Å²) in [5.41, 5.74) is 0. The fraction of sp³-hybridized carbons (Fsp3) is 1.00. The second-order valence-electron chi connectivity index (χ2n) is 5.33. The van der Waals surface area contributed by atoms with Gasteiger partial charge in [0.25, 0.3) is 0 Å². The molecule has 0 amide bonds. The fourth-order valence-corrected chi connectivity index (χ4v) is 3.49. The molecule has 3 nitrogen and oxygen atoms in total. The van der Waals surface area contributed by atoms with Gasteiger partial charge in [-0.3, -0.25) is 0 Å². The molecular weight excluding hydrogens is 204 g/mol. The van der Waals surface area contributed by atoms with E-state index in [9.17, 15) is 0 Å². The Labute approximate surface area is 97.4 Å². The van der Waals surface area contributed by atoms with Gasteiger partial charge in [-0.05, 0) is 43.9 Å². The highest BCUT2D eigenvalue weighted by Gasteiger charge is 2.39. The molecule has 0 aromatic carbocycles. The van der Waals surface area contributed by atoms with Gasteiger partial charge in [-0.1, -0.05) is 6.42 Å². The Balaban J connectivity index is 1.38. The smallest absolute Gasteiger partial charge is 0.157 e. The average Bonchev–Trinajstić information content (AvgIpc) is 2.95. The fourth-order valence-electron chi connectivity index (χ4n) is 3.49. The molecule has 16 heavy (non-hydrogen) atoms. The van der Waals surface area contributed by atoms with Crippen molar-refractivity contribution in [1.29, 1.82) is 0 Å². The lowest BCUT2D eigenvalue weighted by atomic mass is 9.88. The molecule has 3 aliphatic rings. The van der Waals surface area contributed by atoms with Gasteiger partial charge in [-0.15, -0.1) is 0 Å². The maximum absolute atomic E-state index is 5.85. The van der Waals surface area contributed by atoms with E-state index in [1.54, 1.807) is 0 Å². The lowest BCUT2D eigenvalue weighted by molar-refractivity contribution is -0.0487. The van der Waals surface area contributed by atoms with Gasteiger partial charge in [-0.25, -0.2) is 0 Å². The molecule has 0 N–H and O–H groups in total. The molecule has 0 aromatic rings. The van der Waals surface area contributed by atoms with Crippen molar-refractivity contribution in [3.63, 3.8) is 0 Å². The van der Waals surface area contributed by atoms with Gasteiger partial charge in [-0.2, -0.15) is 0 Å². The van der Waals surface area contributed by atoms with Crippen LogP contribution in [0.1, 0.15) is 38.5 Å². The summed E-state index contributed by atoms with van der Waals surface area (Å²) in [6, 6.07) is 0. The quantitative estimate of drug-likeness (QED) is 0.736. The molecule has 0 radical (unpaired) electrons. The molecular formula is C13H22O3. The molecule has 1 saturated carbocycles. The van der Waals surface area contributed by atoms with E-state index in [0.717, 1.165) is 38.1 Å². The van der Waals surface area contributed by atoms with E-state index in [2.05, 4.69) is 0 Å². The van der Waals surface area contributed by atoms with Gasteiger partial charge < -0.3 is 14.2 Å². The van der Waals surface area contributed by atoms with Crippen LogP contribution in [0.3, 0.4) is 0 Å². The zero-order valence-corrected chi connectivity index (χ0v) is 9.90. The van der Waals surface area contributed by atoms with Crippen LogP contribution in [0.25, 0.3) is 0 Å². The summed E-state index contributed by atoms with van der Waals surface area (Å²) in [5, 5.41) is 0. The number of hydrogen-bond acceptors (Lipinski definition) is 3. The first kappa shape index (κ1) is 11.0. The maximum atomic E-state index is 5.85. The molecule has 2 saturated heterocycles. The zero-order chi connectivity index (χ0) is 10.8. The molecule has 1 aliphatic carbocycles. The van der Waals surface area contributed by atoms with Gasteiger partial charge in [0.15, 0.2) is 6.29 Å². The summed E-state index contributed by atoms with van der Waals surface area (Å²) in [4.78, 5) is 0. The van der Waals surface area contributed by atoms with Gasteiger partial charge >= 0.3 is 0 Å². The third-order valence-electron chi connectivity index (χ3n) is 4.34. The van der Waals surface area contributed by atoms with Crippen molar-refractivity contribution in [3.8, 4) is 0 Å². The molecule has 2 aliphatic heterocycles. The minimum absolute atomic E-state index is 0.0849. The van der Waals surface area contributed by atoms with Gasteiger partial charge in [0, 0.05) is 0 Å². The molecule has 0 aromatic heterocycles. The van der Waals surface area contributed by atoms with Crippen molar-refractivity contribution in [3.05, 3.63) is 0 Å². The third kappa shape index (κ3) is 2.27. The minimum atomic E-state index is 0.0849. The predicted octanol–water partition coefficient (Wildman–Crippen LogP) is 2.34. The molecule has 92 valence electrons. The number of rotatable bonds is 4. The molecule has 2 heterocycles. The Morgan fingerprint density at radius 3 is 2.69 bits per heavy atom. The highest BCUT2D eigenvalue weighted by atomic mass is 16.7. The lowest BCUT2D eigenvalue weighted by Gasteiger charge is -2.16. The molecule has 0 spiro atoms. The Hall–Kier alpha value is -0.120. The van der Waals surface area contributed by atoms with E-state index in [1.807, 2.05) is 0 Å². The van der Waals surface area contributed by atoms with Crippen LogP contribution in [0.15, 0.2) is 0 Å². The van der Waals surface area contributed by atoms with Gasteiger partial charge in [0.05, 0.1) is 25.9 Å². The lowest BCUT2D eigenvalue weighted by Crippen LogP contribution is -2.15. The standard InChI is InChI=1S/C13H22O3/c1(6-13-14-7-8-15-13)3-10-9-16-12-5-2-4-11(10)12/h10-13H,1-9H2/t10-,11-,12-/m1/s1. The summed E-state index contributed by atoms with van der Waals surface area (Å²) in [7, 11) is 0. The zero-order valence-electron chi connectivity index (χ0n) is 9.90. The summed E-state index contributed by atoms with van der Waals surface area (Å²) in [6.45, 7) is 2.56. The van der Waals surface area contributed by atoms with Crippen LogP contribution in [-0.4, -0.2) is 32.2 Å². The normalized spacial score (nSPS) is 39.4. The van der Waals surface area contributed by atoms with Crippen LogP contribution in [-0.2, 0) is 14.2 Å². The first-order valence-electron chi connectivity index (χ1n) is 6.78. The van der Waals surface area contributed by atoms with Crippen molar-refractivity contribution in [2.75, 3.05) is 19.8 Å².